The quantitative estimate of drug-likeness (QED) is 0.428. The summed E-state index contributed by atoms with van der Waals surface area (Å²) < 4.78 is 4.91. The van der Waals surface area contributed by atoms with Crippen molar-refractivity contribution in [3.8, 4) is 0 Å². The van der Waals surface area contributed by atoms with Crippen LogP contribution in [0.25, 0.3) is 0 Å². The molecule has 0 aromatic carbocycles. The summed E-state index contributed by atoms with van der Waals surface area (Å²) in [7, 11) is 0. The van der Waals surface area contributed by atoms with E-state index < -0.39 is 0 Å². The number of nitrogens with zero attached hydrogens (tertiary/aromatic N) is 2. The second-order valence-corrected chi connectivity index (χ2v) is 1.41. The van der Waals surface area contributed by atoms with Crippen LogP contribution in [0.4, 0.5) is 0 Å². The van der Waals surface area contributed by atoms with Crippen molar-refractivity contribution in [2.24, 2.45) is 9.98 Å². The van der Waals surface area contributed by atoms with Crippen LogP contribution in [0.5, 0.6) is 0 Å². The molecule has 36 valence electrons. The molecule has 0 aliphatic rings. The summed E-state index contributed by atoms with van der Waals surface area (Å²) >= 11 is 4.97. The van der Waals surface area contributed by atoms with Crippen LogP contribution < -0.4 is 0 Å². The molecule has 4 heteroatoms. The van der Waals surface area contributed by atoms with Crippen molar-refractivity contribution < 1.29 is 0 Å². The van der Waals surface area contributed by atoms with E-state index in [4.69, 9.17) is 0 Å². The number of aliphatic imine (C=N–C) groups is 2. The molecule has 2 nitrogen and oxygen atoms in total. The Bertz CT molecular complexity index is 114. The first-order chi connectivity index (χ1) is 3.41. The van der Waals surface area contributed by atoms with Gasteiger partial charge in [-0.1, -0.05) is 0 Å². The van der Waals surface area contributed by atoms with E-state index in [9.17, 15) is 0 Å². The van der Waals surface area contributed by atoms with Gasteiger partial charge in [-0.05, 0) is 0 Å². The topological polar surface area (TPSA) is 24.7 Å². The van der Waals surface area contributed by atoms with E-state index in [1.165, 1.54) is 0 Å². The fourth-order valence-corrected chi connectivity index (χ4v) is 0.335. The average Bonchev–Trinajstić information content (AvgIpc) is 1.69. The molecule has 0 aromatic rings. The van der Waals surface area contributed by atoms with Crippen molar-refractivity contribution in [2.75, 3.05) is 6.67 Å². The van der Waals surface area contributed by atoms with Crippen molar-refractivity contribution in [3.63, 3.8) is 0 Å². The second-order valence-electron chi connectivity index (χ2n) is 0.640. The fourth-order valence-electron chi connectivity index (χ4n) is 0.0931. The minimum atomic E-state index is 0.403. The molecule has 0 saturated heterocycles. The summed E-state index contributed by atoms with van der Waals surface area (Å²) in [5.41, 5.74) is 0. The van der Waals surface area contributed by atoms with Gasteiger partial charge in [0, 0.05) is 0 Å². The molecule has 0 bridgehead atoms. The third-order valence-electron chi connectivity index (χ3n) is 0.271. The monoisotopic (exact) mass is 226 g/mol. The molecule has 7 heavy (non-hydrogen) atoms. The summed E-state index contributed by atoms with van der Waals surface area (Å²) in [6.45, 7) is 0.403. The molecular formula is C3H2N2Se2. The van der Waals surface area contributed by atoms with Gasteiger partial charge < -0.3 is 0 Å². The minimum absolute atomic E-state index is 0.403. The second kappa shape index (κ2) is 6.20. The standard InChI is InChI=1S/C3H2N2Se2/c6-2-4-1-5-3-7/h1H2. The number of hydrogen-bond donors (Lipinski definition) is 0. The first kappa shape index (κ1) is 7.20. The molecule has 0 unspecified atom stereocenters. The predicted octanol–water partition coefficient (Wildman–Crippen LogP) is -0.909. The Morgan fingerprint density at radius 1 is 1.14 bits per heavy atom. The SMILES string of the molecule is [Se]=C=NCN=C=[Se]. The summed E-state index contributed by atoms with van der Waals surface area (Å²) in [5.74, 6) is 0. The predicted molar refractivity (Wildman–Crippen MR) is 31.2 cm³/mol. The van der Waals surface area contributed by atoms with E-state index >= 15 is 0 Å². The van der Waals surface area contributed by atoms with Gasteiger partial charge in [0.15, 0.2) is 0 Å². The van der Waals surface area contributed by atoms with Gasteiger partial charge in [-0.2, -0.15) is 0 Å². The molecule has 0 amide bonds. The van der Waals surface area contributed by atoms with Crippen LogP contribution in [0.15, 0.2) is 9.98 Å². The molecular weight excluding hydrogens is 222 g/mol. The first-order valence-electron chi connectivity index (χ1n) is 1.49. The van der Waals surface area contributed by atoms with Gasteiger partial charge in [-0.3, -0.25) is 0 Å². The van der Waals surface area contributed by atoms with Crippen molar-refractivity contribution in [1.82, 2.24) is 0 Å². The van der Waals surface area contributed by atoms with E-state index in [0.717, 1.165) is 0 Å². The van der Waals surface area contributed by atoms with E-state index in [1.807, 2.05) is 0 Å². The van der Waals surface area contributed by atoms with Crippen LogP contribution in [-0.4, -0.2) is 47.2 Å². The van der Waals surface area contributed by atoms with Crippen LogP contribution in [-0.2, 0) is 0 Å². The maximum atomic E-state index is 3.61. The normalized spacial score (nSPS) is 5.71. The number of rotatable bonds is 2. The van der Waals surface area contributed by atoms with Crippen molar-refractivity contribution >= 4 is 40.6 Å². The van der Waals surface area contributed by atoms with Crippen LogP contribution in [0.3, 0.4) is 0 Å². The zero-order chi connectivity index (χ0) is 5.54. The summed E-state index contributed by atoms with van der Waals surface area (Å²) in [6.07, 6.45) is 0. The van der Waals surface area contributed by atoms with Gasteiger partial charge in [0.2, 0.25) is 0 Å². The van der Waals surface area contributed by atoms with Gasteiger partial charge in [-0.25, -0.2) is 0 Å². The molecule has 0 aliphatic carbocycles. The zero-order valence-corrected chi connectivity index (χ0v) is 6.84. The van der Waals surface area contributed by atoms with Gasteiger partial charge >= 0.3 is 57.2 Å². The van der Waals surface area contributed by atoms with Crippen molar-refractivity contribution in [3.05, 3.63) is 0 Å². The van der Waals surface area contributed by atoms with E-state index in [-0.39, 0.29) is 0 Å². The van der Waals surface area contributed by atoms with Crippen molar-refractivity contribution in [2.45, 2.75) is 0 Å². The fraction of sp³-hybridized carbons (Fsp3) is 0.333. The Labute approximate surface area is 57.5 Å². The van der Waals surface area contributed by atoms with Crippen LogP contribution in [0, 0.1) is 0 Å². The van der Waals surface area contributed by atoms with Crippen molar-refractivity contribution in [1.29, 1.82) is 0 Å². The number of hydrogen-bond acceptors (Lipinski definition) is 2. The Morgan fingerprint density at radius 2 is 1.57 bits per heavy atom. The molecule has 0 heterocycles. The molecule has 0 rings (SSSR count). The van der Waals surface area contributed by atoms with E-state index in [1.54, 1.807) is 0 Å². The summed E-state index contributed by atoms with van der Waals surface area (Å²) in [4.78, 5) is 7.21. The Morgan fingerprint density at radius 3 is 1.86 bits per heavy atom. The third kappa shape index (κ3) is 6.20. The molecule has 0 fully saturated rings. The van der Waals surface area contributed by atoms with Crippen LogP contribution in [0.2, 0.25) is 0 Å². The Hall–Kier alpha value is 0.199. The Kier molecular flexibility index (Phi) is 6.38. The maximum absolute atomic E-state index is 3.61. The molecule has 0 atom stereocenters. The molecule has 0 saturated carbocycles. The molecule has 0 aliphatic heterocycles. The van der Waals surface area contributed by atoms with Crippen LogP contribution in [0.1, 0.15) is 0 Å². The van der Waals surface area contributed by atoms with E-state index in [0.29, 0.717) is 6.67 Å². The zero-order valence-electron chi connectivity index (χ0n) is 3.42. The van der Waals surface area contributed by atoms with Gasteiger partial charge in [-0.15, -0.1) is 0 Å². The van der Waals surface area contributed by atoms with Gasteiger partial charge in [0.05, 0.1) is 0 Å². The van der Waals surface area contributed by atoms with Gasteiger partial charge in [0.1, 0.15) is 0 Å². The van der Waals surface area contributed by atoms with E-state index in [2.05, 4.69) is 50.6 Å². The Balaban J connectivity index is 3.33. The first-order valence-corrected chi connectivity index (χ1v) is 3.20. The molecule has 0 spiro atoms. The summed E-state index contributed by atoms with van der Waals surface area (Å²) in [5, 5.41) is 0. The summed E-state index contributed by atoms with van der Waals surface area (Å²) in [6, 6.07) is 0. The van der Waals surface area contributed by atoms with Crippen LogP contribution >= 0.6 is 0 Å². The molecule has 0 aromatic heterocycles. The average molecular weight is 224 g/mol. The molecule has 0 radical (unpaired) electrons. The molecule has 0 N–H and O–H groups in total. The third-order valence-corrected chi connectivity index (χ3v) is 0.812. The van der Waals surface area contributed by atoms with Gasteiger partial charge in [0.25, 0.3) is 0 Å².